The van der Waals surface area contributed by atoms with E-state index in [1.54, 1.807) is 57.9 Å². The molecule has 12 heteroatoms. The molecular formula is C24H22Cl2N6O3S. The first-order valence-corrected chi connectivity index (χ1v) is 11.8. The molecule has 0 amide bonds. The maximum Gasteiger partial charge on any atom is 0.203 e. The van der Waals surface area contributed by atoms with Crippen LogP contribution in [-0.4, -0.2) is 41.4 Å². The van der Waals surface area contributed by atoms with Gasteiger partial charge in [0.2, 0.25) is 5.75 Å². The normalized spacial score (nSPS) is 10.6. The average molecular weight is 545 g/mol. The average Bonchev–Trinajstić information content (AvgIpc) is 2.88. The minimum absolute atomic E-state index is 0.396. The number of aromatic nitrogens is 3. The number of nitrogens with zero attached hydrogens (tertiary/aromatic N) is 3. The Morgan fingerprint density at radius 1 is 0.889 bits per heavy atom. The first kappa shape index (κ1) is 25.5. The predicted molar refractivity (Wildman–Crippen MR) is 146 cm³/mol. The third-order valence-corrected chi connectivity index (χ3v) is 6.01. The fourth-order valence-electron chi connectivity index (χ4n) is 3.32. The SMILES string of the molecule is COc1cc(Nc2cnc3ccc(NC(=S)NCc4ccc(Cl)c(Cl)c4)nc3n2)cc(OC)c1OC. The molecule has 3 N–H and O–H groups in total. The monoisotopic (exact) mass is 544 g/mol. The van der Waals surface area contributed by atoms with Gasteiger partial charge in [0.05, 0.1) is 37.6 Å². The van der Waals surface area contributed by atoms with E-state index < -0.39 is 0 Å². The van der Waals surface area contributed by atoms with Crippen molar-refractivity contribution < 1.29 is 14.2 Å². The van der Waals surface area contributed by atoms with Crippen LogP contribution < -0.4 is 30.2 Å². The Labute approximate surface area is 223 Å². The van der Waals surface area contributed by atoms with Crippen LogP contribution in [0.5, 0.6) is 17.2 Å². The Kier molecular flexibility index (Phi) is 8.09. The predicted octanol–water partition coefficient (Wildman–Crippen LogP) is 5.59. The Balaban J connectivity index is 1.48. The van der Waals surface area contributed by atoms with Gasteiger partial charge in [-0.15, -0.1) is 0 Å². The molecule has 0 bridgehead atoms. The Morgan fingerprint density at radius 3 is 2.28 bits per heavy atom. The molecule has 0 spiro atoms. The minimum Gasteiger partial charge on any atom is -0.493 e. The van der Waals surface area contributed by atoms with Gasteiger partial charge in [-0.2, -0.15) is 0 Å². The van der Waals surface area contributed by atoms with Gasteiger partial charge < -0.3 is 30.2 Å². The third-order valence-electron chi connectivity index (χ3n) is 5.02. The lowest BCUT2D eigenvalue weighted by Gasteiger charge is -2.15. The highest BCUT2D eigenvalue weighted by Gasteiger charge is 2.14. The van der Waals surface area contributed by atoms with E-state index >= 15 is 0 Å². The summed E-state index contributed by atoms with van der Waals surface area (Å²) in [5.41, 5.74) is 2.68. The number of ether oxygens (including phenoxy) is 3. The summed E-state index contributed by atoms with van der Waals surface area (Å²) in [4.78, 5) is 13.5. The van der Waals surface area contributed by atoms with E-state index in [1.807, 2.05) is 12.1 Å². The van der Waals surface area contributed by atoms with Crippen molar-refractivity contribution in [3.8, 4) is 17.2 Å². The molecule has 2 heterocycles. The smallest absolute Gasteiger partial charge is 0.203 e. The van der Waals surface area contributed by atoms with E-state index in [2.05, 4.69) is 30.9 Å². The molecule has 0 fully saturated rings. The van der Waals surface area contributed by atoms with E-state index in [-0.39, 0.29) is 0 Å². The van der Waals surface area contributed by atoms with Crippen molar-refractivity contribution in [3.05, 3.63) is 64.3 Å². The molecule has 36 heavy (non-hydrogen) atoms. The maximum atomic E-state index is 6.07. The van der Waals surface area contributed by atoms with Crippen LogP contribution in [0.4, 0.5) is 17.3 Å². The van der Waals surface area contributed by atoms with Gasteiger partial charge in [-0.05, 0) is 42.0 Å². The van der Waals surface area contributed by atoms with E-state index in [0.29, 0.717) is 67.4 Å². The first-order chi connectivity index (χ1) is 17.4. The minimum atomic E-state index is 0.396. The van der Waals surface area contributed by atoms with Gasteiger partial charge in [-0.25, -0.2) is 15.0 Å². The second-order valence-electron chi connectivity index (χ2n) is 7.39. The summed E-state index contributed by atoms with van der Waals surface area (Å²) in [6.45, 7) is 0.471. The van der Waals surface area contributed by atoms with Gasteiger partial charge in [0, 0.05) is 24.4 Å². The number of pyridine rings is 1. The van der Waals surface area contributed by atoms with Crippen LogP contribution in [0.15, 0.2) is 48.7 Å². The van der Waals surface area contributed by atoms with Crippen LogP contribution in [0.3, 0.4) is 0 Å². The van der Waals surface area contributed by atoms with Crippen LogP contribution in [-0.2, 0) is 6.54 Å². The van der Waals surface area contributed by atoms with Crippen molar-refractivity contribution in [2.24, 2.45) is 0 Å². The number of fused-ring (bicyclic) bond motifs is 1. The summed E-state index contributed by atoms with van der Waals surface area (Å²) in [6, 6.07) is 12.5. The Morgan fingerprint density at radius 2 is 1.61 bits per heavy atom. The molecule has 0 atom stereocenters. The molecular weight excluding hydrogens is 523 g/mol. The highest BCUT2D eigenvalue weighted by atomic mass is 35.5. The first-order valence-electron chi connectivity index (χ1n) is 10.6. The molecule has 0 aliphatic carbocycles. The third kappa shape index (κ3) is 5.96. The largest absolute Gasteiger partial charge is 0.493 e. The molecule has 2 aromatic carbocycles. The zero-order chi connectivity index (χ0) is 25.7. The number of methoxy groups -OCH3 is 3. The van der Waals surface area contributed by atoms with Crippen molar-refractivity contribution in [1.29, 1.82) is 0 Å². The Bertz CT molecular complexity index is 1400. The molecule has 0 saturated heterocycles. The highest BCUT2D eigenvalue weighted by Crippen LogP contribution is 2.40. The molecule has 9 nitrogen and oxygen atoms in total. The topological polar surface area (TPSA) is 102 Å². The van der Waals surface area contributed by atoms with Gasteiger partial charge in [0.15, 0.2) is 28.1 Å². The second kappa shape index (κ2) is 11.4. The van der Waals surface area contributed by atoms with Crippen molar-refractivity contribution in [1.82, 2.24) is 20.3 Å². The number of thiocarbonyl (C=S) groups is 1. The summed E-state index contributed by atoms with van der Waals surface area (Å²) in [5.74, 6) is 2.53. The summed E-state index contributed by atoms with van der Waals surface area (Å²) >= 11 is 17.4. The molecule has 186 valence electrons. The fraction of sp³-hybridized carbons (Fsp3) is 0.167. The standard InChI is InChI=1S/C24H22Cl2N6O3S/c1-33-18-9-14(10-19(34-2)22(18)35-3)29-21-12-27-17-6-7-20(30-23(17)31-21)32-24(36)28-11-13-4-5-15(25)16(26)8-13/h4-10,12H,11H2,1-3H3,(H3,28,29,30,31,32,36). The lowest BCUT2D eigenvalue weighted by Crippen LogP contribution is -2.28. The van der Waals surface area contributed by atoms with Crippen LogP contribution in [0.2, 0.25) is 10.0 Å². The number of hydrogen-bond donors (Lipinski definition) is 3. The molecule has 0 radical (unpaired) electrons. The molecule has 4 rings (SSSR count). The number of rotatable bonds is 8. The fourth-order valence-corrected chi connectivity index (χ4v) is 3.82. The molecule has 2 aromatic heterocycles. The van der Waals surface area contributed by atoms with Crippen molar-refractivity contribution >= 4 is 69.0 Å². The van der Waals surface area contributed by atoms with Crippen LogP contribution >= 0.6 is 35.4 Å². The second-order valence-corrected chi connectivity index (χ2v) is 8.61. The lowest BCUT2D eigenvalue weighted by molar-refractivity contribution is 0.324. The zero-order valence-electron chi connectivity index (χ0n) is 19.6. The number of halogens is 2. The number of nitrogens with one attached hydrogen (secondary N) is 3. The maximum absolute atomic E-state index is 6.07. The van der Waals surface area contributed by atoms with E-state index in [4.69, 9.17) is 49.6 Å². The van der Waals surface area contributed by atoms with E-state index in [0.717, 1.165) is 5.56 Å². The van der Waals surface area contributed by atoms with E-state index in [9.17, 15) is 0 Å². The summed E-state index contributed by atoms with van der Waals surface area (Å²) < 4.78 is 16.2. The molecule has 4 aromatic rings. The lowest BCUT2D eigenvalue weighted by atomic mass is 10.2. The number of hydrogen-bond acceptors (Lipinski definition) is 8. The Hall–Kier alpha value is -3.60. The van der Waals surface area contributed by atoms with Crippen molar-refractivity contribution in [2.75, 3.05) is 32.0 Å². The molecule has 0 aliphatic heterocycles. The summed E-state index contributed by atoms with van der Waals surface area (Å²) in [5, 5.41) is 10.8. The van der Waals surface area contributed by atoms with Crippen LogP contribution in [0, 0.1) is 0 Å². The van der Waals surface area contributed by atoms with Crippen LogP contribution in [0.25, 0.3) is 11.2 Å². The summed E-state index contributed by atoms with van der Waals surface area (Å²) in [7, 11) is 4.66. The quantitative estimate of drug-likeness (QED) is 0.243. The van der Waals surface area contributed by atoms with Gasteiger partial charge in [0.25, 0.3) is 0 Å². The van der Waals surface area contributed by atoms with Crippen molar-refractivity contribution in [3.63, 3.8) is 0 Å². The highest BCUT2D eigenvalue weighted by molar-refractivity contribution is 7.80. The van der Waals surface area contributed by atoms with Crippen LogP contribution in [0.1, 0.15) is 5.56 Å². The van der Waals surface area contributed by atoms with Gasteiger partial charge in [-0.3, -0.25) is 0 Å². The number of anilines is 3. The van der Waals surface area contributed by atoms with Gasteiger partial charge >= 0.3 is 0 Å². The summed E-state index contributed by atoms with van der Waals surface area (Å²) in [6.07, 6.45) is 1.61. The van der Waals surface area contributed by atoms with E-state index in [1.165, 1.54) is 0 Å². The molecule has 0 aliphatic rings. The van der Waals surface area contributed by atoms with Gasteiger partial charge in [-0.1, -0.05) is 29.3 Å². The van der Waals surface area contributed by atoms with Gasteiger partial charge in [0.1, 0.15) is 11.3 Å². The number of benzene rings is 2. The molecule has 0 saturated carbocycles. The zero-order valence-corrected chi connectivity index (χ0v) is 21.9. The molecule has 0 unspecified atom stereocenters. The van der Waals surface area contributed by atoms with Crippen molar-refractivity contribution in [2.45, 2.75) is 6.54 Å².